The molecule has 0 radical (unpaired) electrons. The molecule has 2 aliphatic carbocycles. The minimum atomic E-state index is -0.362. The third kappa shape index (κ3) is 2.40. The number of hydrogen-bond acceptors (Lipinski definition) is 3. The van der Waals surface area contributed by atoms with Gasteiger partial charge in [-0.25, -0.2) is 0 Å². The minimum Gasteiger partial charge on any atom is -0.508 e. The summed E-state index contributed by atoms with van der Waals surface area (Å²) in [4.78, 5) is 12.8. The van der Waals surface area contributed by atoms with E-state index in [1.807, 2.05) is 19.9 Å². The van der Waals surface area contributed by atoms with E-state index in [0.29, 0.717) is 12.8 Å². The van der Waals surface area contributed by atoms with E-state index in [-0.39, 0.29) is 40.3 Å². The minimum absolute atomic E-state index is 0.0912. The number of hydrogen-bond donors (Lipinski definition) is 2. The van der Waals surface area contributed by atoms with Gasteiger partial charge >= 0.3 is 0 Å². The Labute approximate surface area is 138 Å². The molecule has 2 aliphatic rings. The summed E-state index contributed by atoms with van der Waals surface area (Å²) in [7, 11) is 0. The molecule has 1 aromatic rings. The van der Waals surface area contributed by atoms with Gasteiger partial charge in [0.15, 0.2) is 5.78 Å². The van der Waals surface area contributed by atoms with Crippen LogP contribution < -0.4 is 0 Å². The first-order chi connectivity index (χ1) is 10.6. The number of benzene rings is 1. The summed E-state index contributed by atoms with van der Waals surface area (Å²) in [5.74, 6) is 0.815. The number of carbonyl (C=O) groups excluding carboxylic acids is 1. The molecule has 2 N–H and O–H groups in total. The second-order valence-corrected chi connectivity index (χ2v) is 8.76. The van der Waals surface area contributed by atoms with Crippen LogP contribution in [0.25, 0.3) is 0 Å². The molecule has 1 aromatic carbocycles. The highest BCUT2D eigenvalue weighted by Crippen LogP contribution is 2.57. The summed E-state index contributed by atoms with van der Waals surface area (Å²) in [6.45, 7) is 10.5. The summed E-state index contributed by atoms with van der Waals surface area (Å²) >= 11 is 0. The molecule has 126 valence electrons. The number of ketones is 1. The summed E-state index contributed by atoms with van der Waals surface area (Å²) in [5, 5.41) is 20.9. The Morgan fingerprint density at radius 3 is 2.43 bits per heavy atom. The fourth-order valence-electron chi connectivity index (χ4n) is 5.18. The average molecular weight is 316 g/mol. The number of aliphatic hydroxyl groups excluding tert-OH is 1. The molecule has 3 unspecified atom stereocenters. The van der Waals surface area contributed by atoms with Crippen LogP contribution in [-0.4, -0.2) is 22.1 Å². The van der Waals surface area contributed by atoms with Crippen LogP contribution in [0.1, 0.15) is 81.3 Å². The van der Waals surface area contributed by atoms with Gasteiger partial charge in [0.05, 0.1) is 6.10 Å². The predicted molar refractivity (Wildman–Crippen MR) is 91.0 cm³/mol. The smallest absolute Gasteiger partial charge is 0.163 e. The van der Waals surface area contributed by atoms with Crippen LogP contribution in [0.15, 0.2) is 12.1 Å². The molecule has 3 heteroatoms. The van der Waals surface area contributed by atoms with Gasteiger partial charge in [0.25, 0.3) is 0 Å². The topological polar surface area (TPSA) is 57.5 Å². The third-order valence-corrected chi connectivity index (χ3v) is 6.23. The van der Waals surface area contributed by atoms with Crippen molar-refractivity contribution in [1.82, 2.24) is 0 Å². The molecule has 0 aromatic heterocycles. The second-order valence-electron chi connectivity index (χ2n) is 8.76. The molecule has 0 saturated heterocycles. The van der Waals surface area contributed by atoms with Gasteiger partial charge in [-0.05, 0) is 58.8 Å². The Morgan fingerprint density at radius 2 is 1.83 bits per heavy atom. The van der Waals surface area contributed by atoms with Crippen LogP contribution >= 0.6 is 0 Å². The van der Waals surface area contributed by atoms with Crippen LogP contribution in [0.3, 0.4) is 0 Å². The van der Waals surface area contributed by atoms with Crippen molar-refractivity contribution >= 4 is 5.78 Å². The van der Waals surface area contributed by atoms with Crippen molar-refractivity contribution in [2.75, 3.05) is 0 Å². The van der Waals surface area contributed by atoms with E-state index in [4.69, 9.17) is 0 Å². The van der Waals surface area contributed by atoms with Crippen LogP contribution in [0, 0.1) is 11.3 Å². The summed E-state index contributed by atoms with van der Waals surface area (Å²) in [5.41, 5.74) is 2.14. The molecule has 0 heterocycles. The molecular weight excluding hydrogens is 288 g/mol. The summed E-state index contributed by atoms with van der Waals surface area (Å²) in [6.07, 6.45) is 1.55. The lowest BCUT2D eigenvalue weighted by atomic mass is 9.49. The highest BCUT2D eigenvalue weighted by Gasteiger charge is 2.54. The number of Topliss-reactive ketones (excluding diaryl/α,β-unsaturated/α-hetero) is 1. The Morgan fingerprint density at radius 1 is 1.17 bits per heavy atom. The Bertz CT molecular complexity index is 659. The maximum absolute atomic E-state index is 12.8. The Hall–Kier alpha value is -1.35. The van der Waals surface area contributed by atoms with Crippen LogP contribution in [0.5, 0.6) is 5.75 Å². The zero-order valence-electron chi connectivity index (χ0n) is 14.8. The molecule has 3 atom stereocenters. The van der Waals surface area contributed by atoms with Gasteiger partial charge in [-0.15, -0.1) is 0 Å². The zero-order chi connectivity index (χ0) is 17.2. The number of carbonyl (C=O) groups is 1. The monoisotopic (exact) mass is 316 g/mol. The van der Waals surface area contributed by atoms with Crippen molar-refractivity contribution in [3.8, 4) is 5.75 Å². The standard InChI is InChI=1S/C20H28O3/c1-11(2)13-6-14-15(7-16(13)22)20(5)10-12(21)9-19(3,4)18(20)8-17(14)23/h6-7,11-12,18,21-22H,8-10H2,1-5H3. The fourth-order valence-corrected chi connectivity index (χ4v) is 5.18. The van der Waals surface area contributed by atoms with E-state index in [2.05, 4.69) is 20.8 Å². The first kappa shape index (κ1) is 16.5. The molecule has 0 bridgehead atoms. The van der Waals surface area contributed by atoms with E-state index in [9.17, 15) is 15.0 Å². The van der Waals surface area contributed by atoms with Crippen LogP contribution in [-0.2, 0) is 5.41 Å². The van der Waals surface area contributed by atoms with Crippen molar-refractivity contribution in [3.63, 3.8) is 0 Å². The van der Waals surface area contributed by atoms with Crippen molar-refractivity contribution < 1.29 is 15.0 Å². The fraction of sp³-hybridized carbons (Fsp3) is 0.650. The maximum Gasteiger partial charge on any atom is 0.163 e. The summed E-state index contributed by atoms with van der Waals surface area (Å²) in [6, 6.07) is 3.68. The zero-order valence-corrected chi connectivity index (χ0v) is 14.8. The predicted octanol–water partition coefficient (Wildman–Crippen LogP) is 4.16. The second kappa shape index (κ2) is 5.07. The van der Waals surface area contributed by atoms with Crippen molar-refractivity contribution in [2.24, 2.45) is 11.3 Å². The lowest BCUT2D eigenvalue weighted by Gasteiger charge is -2.55. The molecule has 0 amide bonds. The molecule has 23 heavy (non-hydrogen) atoms. The number of phenolic OH excluding ortho intramolecular Hbond substituents is 1. The van der Waals surface area contributed by atoms with E-state index in [1.54, 1.807) is 6.07 Å². The molecular formula is C20H28O3. The van der Waals surface area contributed by atoms with E-state index < -0.39 is 0 Å². The Kier molecular flexibility index (Phi) is 3.64. The molecule has 1 fully saturated rings. The first-order valence-corrected chi connectivity index (χ1v) is 8.65. The van der Waals surface area contributed by atoms with Gasteiger partial charge in [0.2, 0.25) is 0 Å². The van der Waals surface area contributed by atoms with Gasteiger partial charge in [-0.3, -0.25) is 4.79 Å². The van der Waals surface area contributed by atoms with E-state index >= 15 is 0 Å². The number of aromatic hydroxyl groups is 1. The highest BCUT2D eigenvalue weighted by atomic mass is 16.3. The lowest BCUT2D eigenvalue weighted by Crippen LogP contribution is -2.53. The third-order valence-electron chi connectivity index (χ3n) is 6.23. The molecule has 0 spiro atoms. The molecule has 3 rings (SSSR count). The molecule has 3 nitrogen and oxygen atoms in total. The molecule has 0 aliphatic heterocycles. The number of rotatable bonds is 1. The van der Waals surface area contributed by atoms with E-state index in [0.717, 1.165) is 23.1 Å². The average Bonchev–Trinajstić information content (AvgIpc) is 2.40. The van der Waals surface area contributed by atoms with Crippen molar-refractivity contribution in [2.45, 2.75) is 71.3 Å². The van der Waals surface area contributed by atoms with Gasteiger partial charge in [-0.1, -0.05) is 34.6 Å². The van der Waals surface area contributed by atoms with Gasteiger partial charge in [-0.2, -0.15) is 0 Å². The highest BCUT2D eigenvalue weighted by molar-refractivity contribution is 6.00. The first-order valence-electron chi connectivity index (χ1n) is 8.65. The summed E-state index contributed by atoms with van der Waals surface area (Å²) < 4.78 is 0. The van der Waals surface area contributed by atoms with Gasteiger partial charge < -0.3 is 10.2 Å². The van der Waals surface area contributed by atoms with Gasteiger partial charge in [0, 0.05) is 12.0 Å². The normalized spacial score (nSPS) is 32.6. The van der Waals surface area contributed by atoms with Crippen molar-refractivity contribution in [3.05, 3.63) is 28.8 Å². The van der Waals surface area contributed by atoms with E-state index in [1.165, 1.54) is 0 Å². The SMILES string of the molecule is CC(C)c1cc2c(cc1O)C1(C)CC(O)CC(C)(C)C1CC2=O. The van der Waals surface area contributed by atoms with Crippen molar-refractivity contribution in [1.29, 1.82) is 0 Å². The Balaban J connectivity index is 2.21. The van der Waals surface area contributed by atoms with Crippen LogP contribution in [0.4, 0.5) is 0 Å². The quantitative estimate of drug-likeness (QED) is 0.818. The number of phenols is 1. The van der Waals surface area contributed by atoms with Gasteiger partial charge in [0.1, 0.15) is 5.75 Å². The number of fused-ring (bicyclic) bond motifs is 3. The van der Waals surface area contributed by atoms with Crippen LogP contribution in [0.2, 0.25) is 0 Å². The number of aliphatic hydroxyl groups is 1. The maximum atomic E-state index is 12.8. The molecule has 1 saturated carbocycles. The lowest BCUT2D eigenvalue weighted by molar-refractivity contribution is -0.0347. The largest absolute Gasteiger partial charge is 0.508 e.